The van der Waals surface area contributed by atoms with Gasteiger partial charge in [0.2, 0.25) is 5.91 Å². The standard InChI is InChI=1S/C22H17F4N5O2S/c1-2-3-19(32)29-16-5-12-10-30-18(6-11(12)4-15(16)23)20(33)31(21(30)34)13-7-14(22(24,25)26)17(8-27)28-9-13/h4-5,7,9,18H,2-3,6,10H2,1H3,(H,29,32). The van der Waals surface area contributed by atoms with Crippen molar-refractivity contribution in [3.05, 3.63) is 52.6 Å². The fraction of sp³-hybridized carbons (Fsp3) is 0.318. The molecular weight excluding hydrogens is 474 g/mol. The topological polar surface area (TPSA) is 89.3 Å². The van der Waals surface area contributed by atoms with E-state index in [1.165, 1.54) is 18.2 Å². The van der Waals surface area contributed by atoms with Gasteiger partial charge in [-0.05, 0) is 48.0 Å². The Bertz CT molecular complexity index is 1260. The SMILES string of the molecule is CCCC(=O)Nc1cc2c(cc1F)CC1C(=O)N(c3cnc(C#N)c(C(F)(F)F)c3)C(=S)N1C2. The predicted octanol–water partition coefficient (Wildman–Crippen LogP) is 3.91. The normalized spacial score (nSPS) is 17.4. The third-order valence-electron chi connectivity index (χ3n) is 5.66. The molecule has 3 heterocycles. The molecule has 34 heavy (non-hydrogen) atoms. The summed E-state index contributed by atoms with van der Waals surface area (Å²) in [5.41, 5.74) is -1.11. The fourth-order valence-corrected chi connectivity index (χ4v) is 4.44. The van der Waals surface area contributed by atoms with E-state index in [4.69, 9.17) is 17.5 Å². The van der Waals surface area contributed by atoms with E-state index < -0.39 is 35.2 Å². The molecule has 1 N–H and O–H groups in total. The molecule has 7 nitrogen and oxygen atoms in total. The first kappa shape index (κ1) is 23.6. The van der Waals surface area contributed by atoms with E-state index in [-0.39, 0.29) is 41.8 Å². The Morgan fingerprint density at radius 2 is 2.06 bits per heavy atom. The molecule has 2 aliphatic heterocycles. The molecule has 4 rings (SSSR count). The first-order valence-corrected chi connectivity index (χ1v) is 10.7. The second kappa shape index (κ2) is 8.64. The van der Waals surface area contributed by atoms with Crippen molar-refractivity contribution in [3.8, 4) is 6.07 Å². The lowest BCUT2D eigenvalue weighted by Crippen LogP contribution is -2.40. The molecule has 1 unspecified atom stereocenters. The number of hydrogen-bond donors (Lipinski definition) is 1. The molecule has 176 valence electrons. The summed E-state index contributed by atoms with van der Waals surface area (Å²) < 4.78 is 54.7. The Morgan fingerprint density at radius 1 is 1.32 bits per heavy atom. The average molecular weight is 491 g/mol. The molecule has 12 heteroatoms. The number of thiocarbonyl (C=S) groups is 1. The Balaban J connectivity index is 1.65. The molecule has 0 saturated carbocycles. The highest BCUT2D eigenvalue weighted by Gasteiger charge is 2.46. The van der Waals surface area contributed by atoms with Crippen LogP contribution in [0.25, 0.3) is 0 Å². The third kappa shape index (κ3) is 4.07. The minimum Gasteiger partial charge on any atom is -0.332 e. The van der Waals surface area contributed by atoms with Crippen LogP contribution in [0.1, 0.15) is 42.1 Å². The third-order valence-corrected chi connectivity index (χ3v) is 6.07. The van der Waals surface area contributed by atoms with Crippen LogP contribution in [0, 0.1) is 17.1 Å². The lowest BCUT2D eigenvalue weighted by Gasteiger charge is -2.30. The fourth-order valence-electron chi connectivity index (χ4n) is 4.06. The summed E-state index contributed by atoms with van der Waals surface area (Å²) in [7, 11) is 0. The van der Waals surface area contributed by atoms with Crippen LogP contribution in [0.15, 0.2) is 24.4 Å². The Kier molecular flexibility index (Phi) is 5.99. The summed E-state index contributed by atoms with van der Waals surface area (Å²) in [6.07, 6.45) is -2.94. The number of anilines is 2. The summed E-state index contributed by atoms with van der Waals surface area (Å²) in [4.78, 5) is 31.1. The monoisotopic (exact) mass is 491 g/mol. The van der Waals surface area contributed by atoms with Crippen molar-refractivity contribution < 1.29 is 27.2 Å². The second-order valence-corrected chi connectivity index (χ2v) is 8.27. The van der Waals surface area contributed by atoms with Crippen LogP contribution in [0.3, 0.4) is 0 Å². The second-order valence-electron chi connectivity index (χ2n) is 7.90. The van der Waals surface area contributed by atoms with Crippen LogP contribution in [0.5, 0.6) is 0 Å². The van der Waals surface area contributed by atoms with E-state index in [0.717, 1.165) is 11.1 Å². The molecule has 2 aromatic rings. The number of amides is 2. The molecule has 1 atom stereocenters. The lowest BCUT2D eigenvalue weighted by molar-refractivity contribution is -0.138. The van der Waals surface area contributed by atoms with Crippen LogP contribution in [0.2, 0.25) is 0 Å². The van der Waals surface area contributed by atoms with Crippen molar-refractivity contribution in [2.75, 3.05) is 10.2 Å². The predicted molar refractivity (Wildman–Crippen MR) is 117 cm³/mol. The highest BCUT2D eigenvalue weighted by Crippen LogP contribution is 2.38. The van der Waals surface area contributed by atoms with Crippen molar-refractivity contribution in [2.45, 2.75) is 44.9 Å². The zero-order chi connectivity index (χ0) is 24.8. The lowest BCUT2D eigenvalue weighted by atomic mass is 9.94. The Morgan fingerprint density at radius 3 is 2.71 bits per heavy atom. The van der Waals surface area contributed by atoms with E-state index in [2.05, 4.69) is 10.3 Å². The van der Waals surface area contributed by atoms with Gasteiger partial charge in [0, 0.05) is 19.4 Å². The zero-order valence-electron chi connectivity index (χ0n) is 17.7. The van der Waals surface area contributed by atoms with Crippen LogP contribution < -0.4 is 10.2 Å². The average Bonchev–Trinajstić information content (AvgIpc) is 3.01. The summed E-state index contributed by atoms with van der Waals surface area (Å²) in [6.45, 7) is 1.93. The molecule has 1 aromatic heterocycles. The van der Waals surface area contributed by atoms with Gasteiger partial charge in [-0.3, -0.25) is 14.5 Å². The molecule has 1 fully saturated rings. The van der Waals surface area contributed by atoms with Gasteiger partial charge in [-0.25, -0.2) is 9.37 Å². The molecule has 1 saturated heterocycles. The van der Waals surface area contributed by atoms with E-state index in [9.17, 15) is 27.2 Å². The number of rotatable bonds is 4. The number of hydrogen-bond acceptors (Lipinski definition) is 5. The molecular formula is C22H17F4N5O2S. The van der Waals surface area contributed by atoms with Crippen molar-refractivity contribution in [2.24, 2.45) is 0 Å². The number of nitrogens with zero attached hydrogens (tertiary/aromatic N) is 4. The maximum atomic E-state index is 14.6. The summed E-state index contributed by atoms with van der Waals surface area (Å²) >= 11 is 5.40. The van der Waals surface area contributed by atoms with Gasteiger partial charge < -0.3 is 10.2 Å². The molecule has 0 spiro atoms. The maximum Gasteiger partial charge on any atom is 0.419 e. The Labute approximate surface area is 197 Å². The minimum atomic E-state index is -4.85. The molecule has 0 aliphatic carbocycles. The van der Waals surface area contributed by atoms with Crippen molar-refractivity contribution in [1.29, 1.82) is 5.26 Å². The van der Waals surface area contributed by atoms with Gasteiger partial charge in [0.1, 0.15) is 17.9 Å². The van der Waals surface area contributed by atoms with E-state index >= 15 is 0 Å². The molecule has 1 aromatic carbocycles. The number of carbonyl (C=O) groups excluding carboxylic acids is 2. The summed E-state index contributed by atoms with van der Waals surface area (Å²) in [5.74, 6) is -1.55. The number of nitrogens with one attached hydrogen (secondary N) is 1. The molecule has 0 radical (unpaired) electrons. The first-order valence-electron chi connectivity index (χ1n) is 10.3. The van der Waals surface area contributed by atoms with Gasteiger partial charge in [0.05, 0.1) is 23.1 Å². The van der Waals surface area contributed by atoms with Gasteiger partial charge in [0.25, 0.3) is 5.91 Å². The maximum absolute atomic E-state index is 14.6. The van der Waals surface area contributed by atoms with Crippen LogP contribution in [0.4, 0.5) is 28.9 Å². The van der Waals surface area contributed by atoms with Crippen LogP contribution in [-0.2, 0) is 28.7 Å². The number of aromatic nitrogens is 1. The highest BCUT2D eigenvalue weighted by atomic mass is 32.1. The minimum absolute atomic E-state index is 0.00931. The summed E-state index contributed by atoms with van der Waals surface area (Å²) in [5, 5.41) is 11.5. The van der Waals surface area contributed by atoms with Gasteiger partial charge in [-0.1, -0.05) is 6.92 Å². The smallest absolute Gasteiger partial charge is 0.332 e. The molecule has 0 bridgehead atoms. The number of nitriles is 1. The largest absolute Gasteiger partial charge is 0.419 e. The van der Waals surface area contributed by atoms with Crippen LogP contribution in [-0.4, -0.2) is 32.9 Å². The number of halogens is 4. The van der Waals surface area contributed by atoms with Gasteiger partial charge >= 0.3 is 6.18 Å². The van der Waals surface area contributed by atoms with E-state index in [1.54, 1.807) is 4.90 Å². The van der Waals surface area contributed by atoms with Gasteiger partial charge in [-0.2, -0.15) is 18.4 Å². The number of fused-ring (bicyclic) bond motifs is 2. The zero-order valence-corrected chi connectivity index (χ0v) is 18.6. The van der Waals surface area contributed by atoms with Gasteiger partial charge in [-0.15, -0.1) is 0 Å². The number of benzene rings is 1. The molecule has 2 aliphatic rings. The van der Waals surface area contributed by atoms with Crippen molar-refractivity contribution in [3.63, 3.8) is 0 Å². The van der Waals surface area contributed by atoms with Crippen LogP contribution >= 0.6 is 12.2 Å². The highest BCUT2D eigenvalue weighted by molar-refractivity contribution is 7.80. The molecule has 2 amide bonds. The van der Waals surface area contributed by atoms with Crippen molar-refractivity contribution in [1.82, 2.24) is 9.88 Å². The quantitative estimate of drug-likeness (QED) is 0.516. The Hall–Kier alpha value is -3.59. The summed E-state index contributed by atoms with van der Waals surface area (Å²) in [6, 6.07) is 3.96. The number of alkyl halides is 3. The van der Waals surface area contributed by atoms with Gasteiger partial charge in [0.15, 0.2) is 10.8 Å². The first-order chi connectivity index (χ1) is 16.0. The number of carbonyl (C=O) groups is 2. The van der Waals surface area contributed by atoms with E-state index in [1.807, 2.05) is 6.92 Å². The number of pyridine rings is 1. The van der Waals surface area contributed by atoms with E-state index in [0.29, 0.717) is 23.6 Å². The van der Waals surface area contributed by atoms with Crippen molar-refractivity contribution >= 4 is 40.5 Å².